The summed E-state index contributed by atoms with van der Waals surface area (Å²) in [6.45, 7) is 7.98. The van der Waals surface area contributed by atoms with E-state index in [9.17, 15) is 9.32 Å². The van der Waals surface area contributed by atoms with Crippen LogP contribution in [-0.4, -0.2) is 67.2 Å². The molecule has 2 unspecified atom stereocenters. The van der Waals surface area contributed by atoms with Crippen molar-refractivity contribution in [3.05, 3.63) is 52.9 Å². The lowest BCUT2D eigenvalue weighted by Crippen LogP contribution is -2.40. The van der Waals surface area contributed by atoms with Crippen molar-refractivity contribution in [2.45, 2.75) is 77.4 Å². The van der Waals surface area contributed by atoms with Crippen molar-refractivity contribution in [2.24, 2.45) is 5.92 Å². The smallest absolute Gasteiger partial charge is 0.225 e. The fraction of sp³-hybridized carbons (Fsp3) is 0.600. The van der Waals surface area contributed by atoms with Crippen molar-refractivity contribution >= 4 is 22.5 Å². The topological polar surface area (TPSA) is 78.8 Å². The fourth-order valence-electron chi connectivity index (χ4n) is 5.81. The number of nitrogens with zero attached hydrogens (tertiary/aromatic N) is 4. The highest BCUT2D eigenvalue weighted by Crippen LogP contribution is 2.41. The molecular weight excluding hydrogens is 534 g/mol. The minimum atomic E-state index is -1.23. The average Bonchev–Trinajstić information content (AvgIpc) is 3.41. The highest BCUT2D eigenvalue weighted by molar-refractivity contribution is 7.82. The molecule has 0 bridgehead atoms. The van der Waals surface area contributed by atoms with Gasteiger partial charge in [-0.15, -0.1) is 0 Å². The second-order valence-corrected chi connectivity index (χ2v) is 13.4. The van der Waals surface area contributed by atoms with Gasteiger partial charge < -0.3 is 14.7 Å². The Morgan fingerprint density at radius 2 is 1.90 bits per heavy atom. The SMILES string of the molecule is CCCc1cnc(N2CCC(C3Cc4c(F)c(C5=CCN(S(=O)CCC(C)(C)O)CC5)cc(F)c4O3)CC2)nc1. The Morgan fingerprint density at radius 1 is 1.18 bits per heavy atom. The second-order valence-electron chi connectivity index (χ2n) is 11.8. The molecular formula is C30H40F2N4O3S. The zero-order valence-corrected chi connectivity index (χ0v) is 24.5. The molecule has 4 heterocycles. The maximum absolute atomic E-state index is 15.7. The van der Waals surface area contributed by atoms with Crippen LogP contribution in [0.4, 0.5) is 14.7 Å². The van der Waals surface area contributed by atoms with Gasteiger partial charge in [-0.05, 0) is 69.1 Å². The zero-order chi connectivity index (χ0) is 28.4. The van der Waals surface area contributed by atoms with Crippen LogP contribution in [0.3, 0.4) is 0 Å². The van der Waals surface area contributed by atoms with E-state index in [-0.39, 0.29) is 23.3 Å². The third kappa shape index (κ3) is 6.55. The van der Waals surface area contributed by atoms with E-state index in [1.165, 1.54) is 6.07 Å². The molecule has 218 valence electrons. The van der Waals surface area contributed by atoms with Gasteiger partial charge in [0, 0.05) is 61.9 Å². The molecule has 1 saturated heterocycles. The number of rotatable bonds is 9. The molecule has 0 saturated carbocycles. The van der Waals surface area contributed by atoms with Crippen molar-refractivity contribution in [2.75, 3.05) is 36.8 Å². The molecule has 2 atom stereocenters. The number of ether oxygens (including phenoxy) is 1. The van der Waals surface area contributed by atoms with Gasteiger partial charge in [0.25, 0.3) is 0 Å². The van der Waals surface area contributed by atoms with Crippen LogP contribution in [0.15, 0.2) is 24.5 Å². The first-order valence-electron chi connectivity index (χ1n) is 14.4. The van der Waals surface area contributed by atoms with Crippen LogP contribution in [0.25, 0.3) is 5.57 Å². The van der Waals surface area contributed by atoms with Crippen molar-refractivity contribution in [3.63, 3.8) is 0 Å². The number of hydrogen-bond donors (Lipinski definition) is 1. The summed E-state index contributed by atoms with van der Waals surface area (Å²) in [7, 11) is -1.23. The van der Waals surface area contributed by atoms with Gasteiger partial charge in [-0.3, -0.25) is 0 Å². The number of anilines is 1. The Balaban J connectivity index is 1.20. The summed E-state index contributed by atoms with van der Waals surface area (Å²) >= 11 is 0. The van der Waals surface area contributed by atoms with Gasteiger partial charge in [-0.2, -0.15) is 0 Å². The quantitative estimate of drug-likeness (QED) is 0.462. The van der Waals surface area contributed by atoms with Crippen LogP contribution in [0, 0.1) is 17.6 Å². The molecule has 7 nitrogen and oxygen atoms in total. The zero-order valence-electron chi connectivity index (χ0n) is 23.7. The van der Waals surface area contributed by atoms with E-state index in [0.29, 0.717) is 43.7 Å². The second kappa shape index (κ2) is 12.2. The minimum Gasteiger partial charge on any atom is -0.486 e. The Morgan fingerprint density at radius 3 is 2.52 bits per heavy atom. The lowest BCUT2D eigenvalue weighted by molar-refractivity contribution is 0.0772. The summed E-state index contributed by atoms with van der Waals surface area (Å²) in [6.07, 6.45) is 10.4. The lowest BCUT2D eigenvalue weighted by atomic mass is 9.88. The van der Waals surface area contributed by atoms with E-state index < -0.39 is 28.2 Å². The van der Waals surface area contributed by atoms with E-state index in [0.717, 1.165) is 55.9 Å². The molecule has 1 aromatic carbocycles. The fourth-order valence-corrected chi connectivity index (χ4v) is 7.28. The molecule has 1 aromatic heterocycles. The number of halogens is 2. The number of hydrogen-bond acceptors (Lipinski definition) is 6. The highest BCUT2D eigenvalue weighted by atomic mass is 32.2. The summed E-state index contributed by atoms with van der Waals surface area (Å²) < 4.78 is 51.4. The first-order chi connectivity index (χ1) is 19.1. The molecule has 0 radical (unpaired) electrons. The largest absolute Gasteiger partial charge is 0.486 e. The van der Waals surface area contributed by atoms with Crippen LogP contribution in [0.2, 0.25) is 0 Å². The first kappa shape index (κ1) is 29.1. The molecule has 40 heavy (non-hydrogen) atoms. The molecule has 1 fully saturated rings. The molecule has 5 rings (SSSR count). The minimum absolute atomic E-state index is 0.0503. The number of piperidine rings is 1. The third-order valence-electron chi connectivity index (χ3n) is 8.21. The molecule has 3 aliphatic heterocycles. The molecule has 10 heteroatoms. The molecule has 3 aliphatic rings. The number of fused-ring (bicyclic) bond motifs is 1. The molecule has 0 spiro atoms. The van der Waals surface area contributed by atoms with E-state index >= 15 is 8.78 Å². The summed E-state index contributed by atoms with van der Waals surface area (Å²) in [4.78, 5) is 11.2. The molecule has 0 aliphatic carbocycles. The average molecular weight is 575 g/mol. The third-order valence-corrected chi connectivity index (χ3v) is 9.67. The van der Waals surface area contributed by atoms with Gasteiger partial charge in [0.2, 0.25) is 5.95 Å². The van der Waals surface area contributed by atoms with Crippen LogP contribution < -0.4 is 9.64 Å². The van der Waals surface area contributed by atoms with Gasteiger partial charge in [0.1, 0.15) is 11.9 Å². The summed E-state index contributed by atoms with van der Waals surface area (Å²) in [5, 5.41) is 9.91. The summed E-state index contributed by atoms with van der Waals surface area (Å²) in [5.74, 6) is 0.422. The normalized spacial score (nSPS) is 21.2. The van der Waals surface area contributed by atoms with E-state index in [2.05, 4.69) is 21.8 Å². The van der Waals surface area contributed by atoms with Crippen molar-refractivity contribution < 1.29 is 22.8 Å². The number of aryl methyl sites for hydroxylation is 1. The van der Waals surface area contributed by atoms with Crippen molar-refractivity contribution in [1.29, 1.82) is 0 Å². The lowest BCUT2D eigenvalue weighted by Gasteiger charge is -2.34. The van der Waals surface area contributed by atoms with Crippen molar-refractivity contribution in [1.82, 2.24) is 14.3 Å². The predicted octanol–water partition coefficient (Wildman–Crippen LogP) is 4.84. The molecule has 2 aromatic rings. The highest BCUT2D eigenvalue weighted by Gasteiger charge is 2.37. The Bertz CT molecular complexity index is 1260. The number of aliphatic hydroxyl groups is 1. The Hall–Kier alpha value is -2.43. The molecule has 0 amide bonds. The summed E-state index contributed by atoms with van der Waals surface area (Å²) in [5.41, 5.74) is 1.61. The van der Waals surface area contributed by atoms with Gasteiger partial charge in [0.05, 0.1) is 16.6 Å². The van der Waals surface area contributed by atoms with Gasteiger partial charge >= 0.3 is 0 Å². The number of benzene rings is 1. The van der Waals surface area contributed by atoms with Crippen LogP contribution in [0.1, 0.15) is 69.6 Å². The van der Waals surface area contributed by atoms with Crippen LogP contribution in [0.5, 0.6) is 5.75 Å². The van der Waals surface area contributed by atoms with Gasteiger partial charge in [-0.25, -0.2) is 27.3 Å². The maximum Gasteiger partial charge on any atom is 0.225 e. The molecule has 1 N–H and O–H groups in total. The van der Waals surface area contributed by atoms with Crippen molar-refractivity contribution in [3.8, 4) is 5.75 Å². The van der Waals surface area contributed by atoms with Crippen LogP contribution >= 0.6 is 0 Å². The summed E-state index contributed by atoms with van der Waals surface area (Å²) in [6, 6.07) is 1.26. The maximum atomic E-state index is 15.7. The van der Waals surface area contributed by atoms with Gasteiger partial charge in [0.15, 0.2) is 11.6 Å². The standard InChI is InChI=1S/C30H40F2N4O3S/c1-4-5-20-18-33-29(34-19-20)35-11-6-22(7-12-35)26-17-24-27(32)23(16-25(31)28(24)39-26)21-8-13-36(14-9-21)40(38)15-10-30(2,3)37/h8,16,18-19,22,26,37H,4-7,9-15,17H2,1-3H3. The first-order valence-corrected chi connectivity index (χ1v) is 15.7. The predicted molar refractivity (Wildman–Crippen MR) is 154 cm³/mol. The van der Waals surface area contributed by atoms with E-state index in [1.807, 2.05) is 22.8 Å². The van der Waals surface area contributed by atoms with E-state index in [1.54, 1.807) is 13.8 Å². The number of aromatic nitrogens is 2. The van der Waals surface area contributed by atoms with Gasteiger partial charge in [-0.1, -0.05) is 19.4 Å². The monoisotopic (exact) mass is 574 g/mol. The Kier molecular flexibility index (Phi) is 8.87. The van der Waals surface area contributed by atoms with E-state index in [4.69, 9.17) is 4.74 Å². The Labute approximate surface area is 238 Å². The van der Waals surface area contributed by atoms with Crippen LogP contribution in [-0.2, 0) is 23.8 Å².